The normalized spacial score (nSPS) is 22.5. The maximum Gasteiger partial charge on any atom is 0.217 e. The van der Waals surface area contributed by atoms with Gasteiger partial charge in [0.2, 0.25) is 5.91 Å². The number of fused-ring (bicyclic) bond motifs is 2. The summed E-state index contributed by atoms with van der Waals surface area (Å²) in [5, 5.41) is 16.1. The average molecular weight is 420 g/mol. The summed E-state index contributed by atoms with van der Waals surface area (Å²) in [7, 11) is 0. The van der Waals surface area contributed by atoms with Crippen molar-refractivity contribution in [2.75, 3.05) is 26.2 Å². The zero-order chi connectivity index (χ0) is 21.9. The Bertz CT molecular complexity index is 738. The fraction of sp³-hybridized carbons (Fsp3) is 0.708. The lowest BCUT2D eigenvalue weighted by atomic mass is 9.63. The summed E-state index contributed by atoms with van der Waals surface area (Å²) in [6.45, 7) is 11.7. The predicted molar refractivity (Wildman–Crippen MR) is 118 cm³/mol. The van der Waals surface area contributed by atoms with Gasteiger partial charge in [-0.25, -0.2) is 4.39 Å². The smallest absolute Gasteiger partial charge is 0.217 e. The third-order valence-corrected chi connectivity index (χ3v) is 6.80. The molecule has 2 atom stereocenters. The first-order valence-electron chi connectivity index (χ1n) is 11.3. The first kappa shape index (κ1) is 23.2. The molecule has 5 nitrogen and oxygen atoms in total. The van der Waals surface area contributed by atoms with E-state index in [4.69, 9.17) is 0 Å². The van der Waals surface area contributed by atoms with Crippen LogP contribution >= 0.6 is 0 Å². The topological polar surface area (TPSA) is 64.6 Å². The second kappa shape index (κ2) is 9.33. The molecule has 0 radical (unpaired) electrons. The molecule has 0 aromatic heterocycles. The van der Waals surface area contributed by atoms with Gasteiger partial charge in [0.05, 0.1) is 6.54 Å². The van der Waals surface area contributed by atoms with Gasteiger partial charge in [-0.15, -0.1) is 0 Å². The highest BCUT2D eigenvalue weighted by molar-refractivity contribution is 5.72. The molecule has 1 fully saturated rings. The van der Waals surface area contributed by atoms with Gasteiger partial charge >= 0.3 is 0 Å². The van der Waals surface area contributed by atoms with E-state index in [1.54, 1.807) is 6.07 Å². The first-order valence-corrected chi connectivity index (χ1v) is 11.3. The molecule has 6 heteroatoms. The van der Waals surface area contributed by atoms with Crippen molar-refractivity contribution >= 4 is 5.91 Å². The van der Waals surface area contributed by atoms with E-state index < -0.39 is 6.23 Å². The van der Waals surface area contributed by atoms with E-state index in [0.717, 1.165) is 56.4 Å². The van der Waals surface area contributed by atoms with Crippen LogP contribution in [0.2, 0.25) is 0 Å². The maximum atomic E-state index is 14.2. The van der Waals surface area contributed by atoms with Crippen LogP contribution < -0.4 is 10.6 Å². The van der Waals surface area contributed by atoms with Gasteiger partial charge in [0.1, 0.15) is 12.0 Å². The van der Waals surface area contributed by atoms with E-state index in [1.807, 2.05) is 6.07 Å². The van der Waals surface area contributed by atoms with Gasteiger partial charge in [-0.2, -0.15) is 0 Å². The Labute approximate surface area is 180 Å². The SMILES string of the molecule is CC(=O)NCC(O)NC1CCC2(CCN(CCC(C)(C)C)CC2)c2cc(F)ccc21. The van der Waals surface area contributed by atoms with E-state index in [1.165, 1.54) is 19.4 Å². The van der Waals surface area contributed by atoms with Crippen molar-refractivity contribution in [2.45, 2.75) is 77.5 Å². The van der Waals surface area contributed by atoms with Gasteiger partial charge < -0.3 is 15.3 Å². The van der Waals surface area contributed by atoms with Crippen LogP contribution in [0, 0.1) is 11.2 Å². The molecule has 1 aromatic carbocycles. The summed E-state index contributed by atoms with van der Waals surface area (Å²) < 4.78 is 14.2. The van der Waals surface area contributed by atoms with Gasteiger partial charge in [0.25, 0.3) is 0 Å². The van der Waals surface area contributed by atoms with Crippen LogP contribution in [0.1, 0.15) is 77.0 Å². The number of hydrogen-bond acceptors (Lipinski definition) is 4. The second-order valence-corrected chi connectivity index (χ2v) is 10.4. The number of piperidine rings is 1. The molecular weight excluding hydrogens is 381 g/mol. The molecule has 1 heterocycles. The van der Waals surface area contributed by atoms with Crippen LogP contribution in [-0.2, 0) is 10.2 Å². The van der Waals surface area contributed by atoms with Crippen LogP contribution in [-0.4, -0.2) is 48.3 Å². The van der Waals surface area contributed by atoms with E-state index in [2.05, 4.69) is 36.3 Å². The number of carbonyl (C=O) groups is 1. The maximum absolute atomic E-state index is 14.2. The Kier molecular flexibility index (Phi) is 7.20. The van der Waals surface area contributed by atoms with Crippen LogP contribution in [0.25, 0.3) is 0 Å². The molecule has 1 aliphatic heterocycles. The minimum atomic E-state index is -0.829. The highest BCUT2D eigenvalue weighted by atomic mass is 19.1. The summed E-state index contributed by atoms with van der Waals surface area (Å²) in [6, 6.07) is 5.08. The van der Waals surface area contributed by atoms with Crippen molar-refractivity contribution in [3.05, 3.63) is 35.1 Å². The molecule has 2 unspecified atom stereocenters. The Morgan fingerprint density at radius 2 is 2.00 bits per heavy atom. The van der Waals surface area contributed by atoms with Crippen LogP contribution in [0.4, 0.5) is 4.39 Å². The van der Waals surface area contributed by atoms with Crippen molar-refractivity contribution in [2.24, 2.45) is 5.41 Å². The first-order chi connectivity index (χ1) is 14.1. The molecule has 1 aromatic rings. The Morgan fingerprint density at radius 3 is 2.63 bits per heavy atom. The zero-order valence-electron chi connectivity index (χ0n) is 18.9. The number of nitrogens with one attached hydrogen (secondary N) is 2. The molecule has 1 amide bonds. The van der Waals surface area contributed by atoms with Crippen LogP contribution in [0.3, 0.4) is 0 Å². The lowest BCUT2D eigenvalue weighted by molar-refractivity contribution is -0.119. The van der Waals surface area contributed by atoms with Gasteiger partial charge in [0.15, 0.2) is 0 Å². The molecule has 30 heavy (non-hydrogen) atoms. The van der Waals surface area contributed by atoms with Gasteiger partial charge in [-0.3, -0.25) is 10.1 Å². The molecule has 0 saturated carbocycles. The summed E-state index contributed by atoms with van der Waals surface area (Å²) in [4.78, 5) is 13.7. The second-order valence-electron chi connectivity index (χ2n) is 10.4. The molecule has 1 saturated heterocycles. The van der Waals surface area contributed by atoms with Gasteiger partial charge in [-0.1, -0.05) is 26.8 Å². The fourth-order valence-corrected chi connectivity index (χ4v) is 4.92. The molecule has 1 spiro atoms. The van der Waals surface area contributed by atoms with Crippen molar-refractivity contribution in [3.63, 3.8) is 0 Å². The number of amides is 1. The molecule has 168 valence electrons. The molecule has 3 N–H and O–H groups in total. The Hall–Kier alpha value is -1.50. The molecule has 0 bridgehead atoms. The lowest BCUT2D eigenvalue weighted by Crippen LogP contribution is -2.48. The fourth-order valence-electron chi connectivity index (χ4n) is 4.92. The Balaban J connectivity index is 1.70. The third-order valence-electron chi connectivity index (χ3n) is 6.80. The zero-order valence-corrected chi connectivity index (χ0v) is 18.9. The molecular formula is C24H38FN3O2. The lowest BCUT2D eigenvalue weighted by Gasteiger charge is -2.48. The van der Waals surface area contributed by atoms with Crippen molar-refractivity contribution in [1.29, 1.82) is 0 Å². The van der Waals surface area contributed by atoms with Crippen molar-refractivity contribution in [3.8, 4) is 0 Å². The van der Waals surface area contributed by atoms with Gasteiger partial charge in [-0.05, 0) is 85.8 Å². The number of benzene rings is 1. The number of aliphatic hydroxyl groups is 1. The highest BCUT2D eigenvalue weighted by Gasteiger charge is 2.42. The summed E-state index contributed by atoms with van der Waals surface area (Å²) in [6.07, 6.45) is 4.34. The quantitative estimate of drug-likeness (QED) is 0.618. The van der Waals surface area contributed by atoms with Crippen LogP contribution in [0.15, 0.2) is 18.2 Å². The van der Waals surface area contributed by atoms with E-state index in [9.17, 15) is 14.3 Å². The summed E-state index contributed by atoms with van der Waals surface area (Å²) in [5.74, 6) is -0.359. The summed E-state index contributed by atoms with van der Waals surface area (Å²) in [5.41, 5.74) is 2.56. The average Bonchev–Trinajstić information content (AvgIpc) is 2.68. The molecule has 2 aliphatic rings. The van der Waals surface area contributed by atoms with E-state index >= 15 is 0 Å². The third kappa shape index (κ3) is 5.80. The number of carbonyl (C=O) groups excluding carboxylic acids is 1. The summed E-state index contributed by atoms with van der Waals surface area (Å²) >= 11 is 0. The monoisotopic (exact) mass is 419 g/mol. The Morgan fingerprint density at radius 1 is 1.30 bits per heavy atom. The van der Waals surface area contributed by atoms with Crippen molar-refractivity contribution < 1.29 is 14.3 Å². The number of rotatable bonds is 6. The van der Waals surface area contributed by atoms with Crippen LogP contribution in [0.5, 0.6) is 0 Å². The van der Waals surface area contributed by atoms with Crippen molar-refractivity contribution in [1.82, 2.24) is 15.5 Å². The molecule has 3 rings (SSSR count). The predicted octanol–water partition coefficient (Wildman–Crippen LogP) is 3.47. The highest BCUT2D eigenvalue weighted by Crippen LogP contribution is 2.48. The van der Waals surface area contributed by atoms with E-state index in [-0.39, 0.29) is 29.7 Å². The standard InChI is InChI=1S/C24H38FN3O2/c1-17(29)26-16-22(30)27-21-7-8-24(20-15-18(25)5-6-19(20)21)10-13-28(14-11-24)12-9-23(2,3)4/h5-6,15,21-22,27,30H,7-14,16H2,1-4H3,(H,26,29). The number of aliphatic hydroxyl groups excluding tert-OH is 1. The number of halogens is 1. The minimum absolute atomic E-state index is 0.0242. The molecule has 1 aliphatic carbocycles. The minimum Gasteiger partial charge on any atom is -0.377 e. The number of nitrogens with zero attached hydrogens (tertiary/aromatic N) is 1. The number of likely N-dealkylation sites (tertiary alicyclic amines) is 1. The van der Waals surface area contributed by atoms with Gasteiger partial charge in [0, 0.05) is 13.0 Å². The number of hydrogen-bond donors (Lipinski definition) is 3. The van der Waals surface area contributed by atoms with E-state index in [0.29, 0.717) is 5.41 Å². The largest absolute Gasteiger partial charge is 0.377 e.